The van der Waals surface area contributed by atoms with E-state index in [0.717, 1.165) is 29.5 Å². The molecule has 0 aliphatic heterocycles. The van der Waals surface area contributed by atoms with Gasteiger partial charge in [0.05, 0.1) is 7.11 Å². The van der Waals surface area contributed by atoms with Gasteiger partial charge in [0, 0.05) is 18.3 Å². The van der Waals surface area contributed by atoms with E-state index in [4.69, 9.17) is 17.0 Å². The number of hydrogen-bond donors (Lipinski definition) is 1. The summed E-state index contributed by atoms with van der Waals surface area (Å²) in [4.78, 5) is 2.23. The molecule has 0 saturated carbocycles. The van der Waals surface area contributed by atoms with Crippen LogP contribution in [0, 0.1) is 13.8 Å². The number of nitrogens with one attached hydrogen (secondary N) is 1. The van der Waals surface area contributed by atoms with Crippen molar-refractivity contribution in [2.24, 2.45) is 0 Å². The van der Waals surface area contributed by atoms with Gasteiger partial charge < -0.3 is 15.0 Å². The Morgan fingerprint density at radius 2 is 1.80 bits per heavy atom. The number of nitrogens with zero attached hydrogens (tertiary/aromatic N) is 1. The second-order valence-electron chi connectivity index (χ2n) is 6.42. The van der Waals surface area contributed by atoms with Gasteiger partial charge in [0.2, 0.25) is 0 Å². The van der Waals surface area contributed by atoms with Crippen LogP contribution in [0.25, 0.3) is 0 Å². The predicted octanol–water partition coefficient (Wildman–Crippen LogP) is 4.96. The third kappa shape index (κ3) is 5.20. The molecule has 0 bridgehead atoms. The SMILES string of the molecule is CCN(C(=S)Nc1ccc(C)c(C)c1)C(C)Cc1ccc(OC)cc1. The summed E-state index contributed by atoms with van der Waals surface area (Å²) in [5.41, 5.74) is 4.88. The molecule has 0 aliphatic carbocycles. The third-order valence-corrected chi connectivity index (χ3v) is 4.92. The number of ether oxygens (including phenoxy) is 1. The highest BCUT2D eigenvalue weighted by Gasteiger charge is 2.16. The Kier molecular flexibility index (Phi) is 6.82. The van der Waals surface area contributed by atoms with Crippen molar-refractivity contribution in [3.8, 4) is 5.75 Å². The summed E-state index contributed by atoms with van der Waals surface area (Å²) < 4.78 is 5.22. The largest absolute Gasteiger partial charge is 0.497 e. The van der Waals surface area contributed by atoms with E-state index in [0.29, 0.717) is 6.04 Å². The lowest BCUT2D eigenvalue weighted by Gasteiger charge is -2.31. The van der Waals surface area contributed by atoms with Crippen molar-refractivity contribution in [1.82, 2.24) is 4.90 Å². The van der Waals surface area contributed by atoms with Gasteiger partial charge in [-0.25, -0.2) is 0 Å². The zero-order chi connectivity index (χ0) is 18.4. The lowest BCUT2D eigenvalue weighted by molar-refractivity contribution is 0.347. The van der Waals surface area contributed by atoms with E-state index < -0.39 is 0 Å². The molecule has 1 unspecified atom stereocenters. The van der Waals surface area contributed by atoms with Crippen LogP contribution in [0.2, 0.25) is 0 Å². The highest BCUT2D eigenvalue weighted by atomic mass is 32.1. The number of aryl methyl sites for hydroxylation is 2. The Morgan fingerprint density at radius 1 is 1.12 bits per heavy atom. The second kappa shape index (κ2) is 8.86. The molecule has 4 heteroatoms. The van der Waals surface area contributed by atoms with E-state index in [9.17, 15) is 0 Å². The molecule has 2 rings (SSSR count). The molecule has 0 amide bonds. The van der Waals surface area contributed by atoms with Crippen molar-refractivity contribution >= 4 is 23.0 Å². The molecule has 0 spiro atoms. The molecule has 25 heavy (non-hydrogen) atoms. The standard InChI is InChI=1S/C21H28N2OS/c1-6-23(17(4)14-18-8-11-20(24-5)12-9-18)21(25)22-19-10-7-15(2)16(3)13-19/h7-13,17H,6,14H2,1-5H3,(H,22,25). The first-order valence-corrected chi connectivity index (χ1v) is 9.13. The van der Waals surface area contributed by atoms with E-state index in [1.54, 1.807) is 7.11 Å². The lowest BCUT2D eigenvalue weighted by atomic mass is 10.1. The van der Waals surface area contributed by atoms with Crippen LogP contribution in [0.1, 0.15) is 30.5 Å². The van der Waals surface area contributed by atoms with Crippen LogP contribution >= 0.6 is 12.2 Å². The average molecular weight is 357 g/mol. The highest BCUT2D eigenvalue weighted by molar-refractivity contribution is 7.80. The summed E-state index contributed by atoms with van der Waals surface area (Å²) in [7, 11) is 1.69. The fraction of sp³-hybridized carbons (Fsp3) is 0.381. The third-order valence-electron chi connectivity index (χ3n) is 4.58. The van der Waals surface area contributed by atoms with Gasteiger partial charge >= 0.3 is 0 Å². The Morgan fingerprint density at radius 3 is 2.36 bits per heavy atom. The molecule has 0 radical (unpaired) electrons. The van der Waals surface area contributed by atoms with Crippen LogP contribution in [0.5, 0.6) is 5.75 Å². The zero-order valence-corrected chi connectivity index (χ0v) is 16.6. The summed E-state index contributed by atoms with van der Waals surface area (Å²) in [5, 5.41) is 4.15. The fourth-order valence-corrected chi connectivity index (χ4v) is 3.31. The molecule has 2 aromatic rings. The van der Waals surface area contributed by atoms with Gasteiger partial charge in [-0.15, -0.1) is 0 Å². The van der Waals surface area contributed by atoms with Crippen LogP contribution in [0.15, 0.2) is 42.5 Å². The topological polar surface area (TPSA) is 24.5 Å². The molecule has 0 heterocycles. The molecule has 0 aromatic heterocycles. The number of benzene rings is 2. The molecule has 0 fully saturated rings. The first kappa shape index (κ1) is 19.3. The summed E-state index contributed by atoms with van der Waals surface area (Å²) in [5.74, 6) is 0.885. The van der Waals surface area contributed by atoms with Crippen molar-refractivity contribution in [2.45, 2.75) is 40.2 Å². The van der Waals surface area contributed by atoms with Crippen molar-refractivity contribution in [3.05, 3.63) is 59.2 Å². The summed E-state index contributed by atoms with van der Waals surface area (Å²) >= 11 is 5.66. The van der Waals surface area contributed by atoms with Crippen molar-refractivity contribution in [3.63, 3.8) is 0 Å². The van der Waals surface area contributed by atoms with E-state index in [2.05, 4.69) is 68.2 Å². The van der Waals surface area contributed by atoms with Gasteiger partial charge in [-0.05, 0) is 87.3 Å². The minimum Gasteiger partial charge on any atom is -0.497 e. The fourth-order valence-electron chi connectivity index (χ4n) is 2.88. The monoisotopic (exact) mass is 356 g/mol. The van der Waals surface area contributed by atoms with Crippen molar-refractivity contribution < 1.29 is 4.74 Å². The van der Waals surface area contributed by atoms with Gasteiger partial charge in [-0.2, -0.15) is 0 Å². The number of anilines is 1. The van der Waals surface area contributed by atoms with Gasteiger partial charge in [0.25, 0.3) is 0 Å². The van der Waals surface area contributed by atoms with E-state index in [1.165, 1.54) is 16.7 Å². The minimum atomic E-state index is 0.310. The Labute approximate surface area is 157 Å². The lowest BCUT2D eigenvalue weighted by Crippen LogP contribution is -2.42. The summed E-state index contributed by atoms with van der Waals surface area (Å²) in [6.45, 7) is 9.45. The second-order valence-corrected chi connectivity index (χ2v) is 6.80. The minimum absolute atomic E-state index is 0.310. The highest BCUT2D eigenvalue weighted by Crippen LogP contribution is 2.17. The van der Waals surface area contributed by atoms with Crippen LogP contribution in [-0.4, -0.2) is 29.7 Å². The maximum absolute atomic E-state index is 5.66. The Bertz CT molecular complexity index is 712. The van der Waals surface area contributed by atoms with Gasteiger partial charge in [0.1, 0.15) is 5.75 Å². The molecular formula is C21H28N2OS. The maximum Gasteiger partial charge on any atom is 0.173 e. The smallest absolute Gasteiger partial charge is 0.173 e. The predicted molar refractivity (Wildman–Crippen MR) is 111 cm³/mol. The molecule has 3 nitrogen and oxygen atoms in total. The number of methoxy groups -OCH3 is 1. The molecular weight excluding hydrogens is 328 g/mol. The van der Waals surface area contributed by atoms with E-state index in [1.807, 2.05) is 12.1 Å². The average Bonchev–Trinajstić information content (AvgIpc) is 2.59. The van der Waals surface area contributed by atoms with Crippen LogP contribution in [-0.2, 0) is 6.42 Å². The molecule has 1 N–H and O–H groups in total. The maximum atomic E-state index is 5.66. The zero-order valence-electron chi connectivity index (χ0n) is 15.8. The van der Waals surface area contributed by atoms with Crippen LogP contribution in [0.3, 0.4) is 0 Å². The molecule has 2 aromatic carbocycles. The van der Waals surface area contributed by atoms with Crippen LogP contribution in [0.4, 0.5) is 5.69 Å². The van der Waals surface area contributed by atoms with Gasteiger partial charge in [0.15, 0.2) is 5.11 Å². The molecule has 1 atom stereocenters. The molecule has 0 saturated heterocycles. The van der Waals surface area contributed by atoms with E-state index >= 15 is 0 Å². The first-order valence-electron chi connectivity index (χ1n) is 8.72. The van der Waals surface area contributed by atoms with Gasteiger partial charge in [-0.1, -0.05) is 18.2 Å². The van der Waals surface area contributed by atoms with Crippen LogP contribution < -0.4 is 10.1 Å². The number of thiocarbonyl (C=S) groups is 1. The quantitative estimate of drug-likeness (QED) is 0.739. The molecule has 134 valence electrons. The number of likely N-dealkylation sites (N-methyl/N-ethyl adjacent to an activating group) is 1. The number of hydrogen-bond acceptors (Lipinski definition) is 2. The summed E-state index contributed by atoms with van der Waals surface area (Å²) in [6, 6.07) is 14.9. The normalized spacial score (nSPS) is 11.7. The van der Waals surface area contributed by atoms with Crippen molar-refractivity contribution in [1.29, 1.82) is 0 Å². The number of rotatable bonds is 6. The first-order chi connectivity index (χ1) is 11.9. The van der Waals surface area contributed by atoms with Crippen molar-refractivity contribution in [2.75, 3.05) is 19.0 Å². The summed E-state index contributed by atoms with van der Waals surface area (Å²) in [6.07, 6.45) is 0.937. The Balaban J connectivity index is 2.03. The van der Waals surface area contributed by atoms with Gasteiger partial charge in [-0.3, -0.25) is 0 Å². The van der Waals surface area contributed by atoms with E-state index in [-0.39, 0.29) is 0 Å². The molecule has 0 aliphatic rings. The Hall–Kier alpha value is -2.07.